The zero-order valence-electron chi connectivity index (χ0n) is 11.2. The van der Waals surface area contributed by atoms with Gasteiger partial charge in [0.2, 0.25) is 0 Å². The lowest BCUT2D eigenvalue weighted by atomic mass is 9.45. The van der Waals surface area contributed by atoms with Crippen LogP contribution in [-0.4, -0.2) is 23.3 Å². The molecule has 3 aliphatic rings. The van der Waals surface area contributed by atoms with Crippen molar-refractivity contribution in [2.24, 2.45) is 10.8 Å². The summed E-state index contributed by atoms with van der Waals surface area (Å²) in [5, 5.41) is 0. The lowest BCUT2D eigenvalue weighted by Gasteiger charge is -2.62. The Morgan fingerprint density at radius 2 is 1.83 bits per heavy atom. The van der Waals surface area contributed by atoms with Crippen molar-refractivity contribution in [2.45, 2.75) is 64.6 Å². The molecule has 0 aromatic carbocycles. The minimum atomic E-state index is -0.883. The summed E-state index contributed by atoms with van der Waals surface area (Å²) in [7, 11) is 0. The highest BCUT2D eigenvalue weighted by molar-refractivity contribution is 5.91. The maximum absolute atomic E-state index is 12.3. The molecule has 3 rings (SSSR count). The summed E-state index contributed by atoms with van der Waals surface area (Å²) >= 11 is 0. The van der Waals surface area contributed by atoms with Gasteiger partial charge in [0.05, 0.1) is 0 Å². The van der Waals surface area contributed by atoms with Crippen LogP contribution in [0.5, 0.6) is 0 Å². The Morgan fingerprint density at radius 1 is 1.11 bits per heavy atom. The number of Topliss-reactive ketones (excluding diaryl/α,β-unsaturated/α-hetero) is 2. The molecular weight excluding hydrogens is 232 g/mol. The number of hydrogen-bond acceptors (Lipinski definition) is 4. The molecule has 0 aromatic heterocycles. The van der Waals surface area contributed by atoms with E-state index >= 15 is 0 Å². The summed E-state index contributed by atoms with van der Waals surface area (Å²) in [6, 6.07) is 0. The second kappa shape index (κ2) is 3.42. The van der Waals surface area contributed by atoms with E-state index in [2.05, 4.69) is 13.8 Å². The van der Waals surface area contributed by atoms with Crippen LogP contribution in [0.15, 0.2) is 0 Å². The molecule has 0 amide bonds. The first-order valence-corrected chi connectivity index (χ1v) is 6.73. The first-order valence-electron chi connectivity index (χ1n) is 6.73. The van der Waals surface area contributed by atoms with Crippen LogP contribution < -0.4 is 0 Å². The molecule has 2 aliphatic carbocycles. The molecule has 2 saturated carbocycles. The second-order valence-electron chi connectivity index (χ2n) is 6.76. The lowest BCUT2D eigenvalue weighted by Crippen LogP contribution is -2.69. The van der Waals surface area contributed by atoms with Crippen LogP contribution in [0, 0.1) is 10.8 Å². The van der Waals surface area contributed by atoms with E-state index in [4.69, 9.17) is 9.78 Å². The van der Waals surface area contributed by atoms with E-state index in [0.29, 0.717) is 19.3 Å². The van der Waals surface area contributed by atoms with E-state index in [1.165, 1.54) is 0 Å². The maximum Gasteiger partial charge on any atom is 0.168 e. The number of carbonyl (C=O) groups excluding carboxylic acids is 2. The Bertz CT molecular complexity index is 428. The summed E-state index contributed by atoms with van der Waals surface area (Å²) in [6.07, 6.45) is 2.79. The Hall–Kier alpha value is -0.740. The van der Waals surface area contributed by atoms with Gasteiger partial charge < -0.3 is 0 Å². The fourth-order valence-corrected chi connectivity index (χ4v) is 4.26. The Kier molecular flexibility index (Phi) is 2.34. The van der Waals surface area contributed by atoms with Crippen LogP contribution in [0.25, 0.3) is 0 Å². The van der Waals surface area contributed by atoms with E-state index in [9.17, 15) is 9.59 Å². The zero-order valence-corrected chi connectivity index (χ0v) is 11.2. The van der Waals surface area contributed by atoms with E-state index in [1.807, 2.05) is 6.92 Å². The first-order chi connectivity index (χ1) is 8.32. The molecule has 4 heteroatoms. The topological polar surface area (TPSA) is 52.6 Å². The average molecular weight is 252 g/mol. The molecule has 2 bridgehead atoms. The number of fused-ring (bicyclic) bond motifs is 1. The molecule has 1 spiro atoms. The van der Waals surface area contributed by atoms with Crippen LogP contribution >= 0.6 is 0 Å². The van der Waals surface area contributed by atoms with Crippen molar-refractivity contribution in [1.29, 1.82) is 0 Å². The monoisotopic (exact) mass is 252 g/mol. The predicted molar refractivity (Wildman–Crippen MR) is 63.7 cm³/mol. The normalized spacial score (nSPS) is 46.7. The molecule has 0 N–H and O–H groups in total. The third-order valence-electron chi connectivity index (χ3n) is 5.74. The highest BCUT2D eigenvalue weighted by Crippen LogP contribution is 2.64. The van der Waals surface area contributed by atoms with Crippen molar-refractivity contribution in [3.05, 3.63) is 0 Å². The number of hydrogen-bond donors (Lipinski definition) is 0. The summed E-state index contributed by atoms with van der Waals surface area (Å²) in [6.45, 7) is 6.24. The summed E-state index contributed by atoms with van der Waals surface area (Å²) < 4.78 is 0. The molecule has 1 saturated heterocycles. The van der Waals surface area contributed by atoms with E-state index in [0.717, 1.165) is 12.8 Å². The lowest BCUT2D eigenvalue weighted by molar-refractivity contribution is -0.435. The molecule has 3 unspecified atom stereocenters. The fraction of sp³-hybridized carbons (Fsp3) is 0.857. The third kappa shape index (κ3) is 1.23. The summed E-state index contributed by atoms with van der Waals surface area (Å²) in [5.74, 6) is 0.228. The molecule has 0 radical (unpaired) electrons. The molecular formula is C14H20O4. The van der Waals surface area contributed by atoms with Gasteiger partial charge in [-0.3, -0.25) is 9.59 Å². The van der Waals surface area contributed by atoms with Gasteiger partial charge in [-0.25, -0.2) is 9.78 Å². The van der Waals surface area contributed by atoms with Crippen LogP contribution in [-0.2, 0) is 19.4 Å². The Labute approximate surface area is 107 Å². The van der Waals surface area contributed by atoms with Crippen molar-refractivity contribution >= 4 is 11.6 Å². The van der Waals surface area contributed by atoms with Gasteiger partial charge in [0.15, 0.2) is 23.3 Å². The Morgan fingerprint density at radius 3 is 2.56 bits per heavy atom. The van der Waals surface area contributed by atoms with Gasteiger partial charge in [0.1, 0.15) is 0 Å². The van der Waals surface area contributed by atoms with Crippen LogP contribution in [0.3, 0.4) is 0 Å². The smallest absolute Gasteiger partial charge is 0.168 e. The minimum absolute atomic E-state index is 0.00160. The van der Waals surface area contributed by atoms with Gasteiger partial charge in [-0.1, -0.05) is 13.8 Å². The molecule has 1 aliphatic heterocycles. The number of carbonyl (C=O) groups is 2. The number of rotatable bonds is 0. The van der Waals surface area contributed by atoms with Gasteiger partial charge in [0.25, 0.3) is 0 Å². The van der Waals surface area contributed by atoms with Gasteiger partial charge >= 0.3 is 0 Å². The largest absolute Gasteiger partial charge is 0.297 e. The first kappa shape index (κ1) is 12.3. The molecule has 100 valence electrons. The van der Waals surface area contributed by atoms with Gasteiger partial charge in [0, 0.05) is 18.3 Å². The fourth-order valence-electron chi connectivity index (χ4n) is 4.26. The molecule has 4 nitrogen and oxygen atoms in total. The number of ketones is 2. The zero-order chi connectivity index (χ0) is 13.2. The van der Waals surface area contributed by atoms with Crippen LogP contribution in [0.2, 0.25) is 0 Å². The summed E-state index contributed by atoms with van der Waals surface area (Å²) in [4.78, 5) is 34.8. The van der Waals surface area contributed by atoms with Gasteiger partial charge in [-0.05, 0) is 31.6 Å². The third-order valence-corrected chi connectivity index (χ3v) is 5.74. The minimum Gasteiger partial charge on any atom is -0.297 e. The van der Waals surface area contributed by atoms with Gasteiger partial charge in [-0.2, -0.15) is 0 Å². The van der Waals surface area contributed by atoms with Gasteiger partial charge in [-0.15, -0.1) is 0 Å². The molecule has 1 heterocycles. The van der Waals surface area contributed by atoms with Crippen molar-refractivity contribution in [2.75, 3.05) is 0 Å². The van der Waals surface area contributed by atoms with E-state index < -0.39 is 11.7 Å². The molecule has 3 fully saturated rings. The second-order valence-corrected chi connectivity index (χ2v) is 6.76. The SMILES string of the molecule is CC1(C)CCC(=O)C2(C)OOC3CC12CCC3=O. The average Bonchev–Trinajstić information content (AvgIpc) is 2.33. The van der Waals surface area contributed by atoms with Crippen LogP contribution in [0.1, 0.15) is 52.9 Å². The maximum atomic E-state index is 12.3. The molecule has 0 aromatic rings. The highest BCUT2D eigenvalue weighted by atomic mass is 17.2. The van der Waals surface area contributed by atoms with Crippen molar-refractivity contribution in [3.63, 3.8) is 0 Å². The van der Waals surface area contributed by atoms with Crippen LogP contribution in [0.4, 0.5) is 0 Å². The van der Waals surface area contributed by atoms with E-state index in [-0.39, 0.29) is 22.4 Å². The molecule has 18 heavy (non-hydrogen) atoms. The standard InChI is InChI=1S/C14H20O4/c1-12(2)6-5-11(16)13(3)14(12)7-4-9(15)10(8-14)17-18-13/h10H,4-8H2,1-3H3. The quantitative estimate of drug-likeness (QED) is 0.620. The highest BCUT2D eigenvalue weighted by Gasteiger charge is 2.68. The van der Waals surface area contributed by atoms with Crippen molar-refractivity contribution in [1.82, 2.24) is 0 Å². The predicted octanol–water partition coefficient (Wildman–Crippen LogP) is 2.20. The molecule has 3 atom stereocenters. The Balaban J connectivity index is 2.11. The van der Waals surface area contributed by atoms with E-state index in [1.54, 1.807) is 0 Å². The van der Waals surface area contributed by atoms with Crippen molar-refractivity contribution in [3.8, 4) is 0 Å². The summed E-state index contributed by atoms with van der Waals surface area (Å²) in [5.41, 5.74) is -1.14. The van der Waals surface area contributed by atoms with Crippen molar-refractivity contribution < 1.29 is 19.4 Å².